The van der Waals surface area contributed by atoms with Crippen molar-refractivity contribution in [2.75, 3.05) is 0 Å². The van der Waals surface area contributed by atoms with Crippen molar-refractivity contribution >= 4 is 30.4 Å². The molecule has 0 fully saturated rings. The van der Waals surface area contributed by atoms with Gasteiger partial charge >= 0.3 is 133 Å². The normalized spacial score (nSPS) is 14.1. The van der Waals surface area contributed by atoms with Gasteiger partial charge in [0.2, 0.25) is 0 Å². The fraction of sp³-hybridized carbons (Fsp3) is 0.444. The third-order valence-corrected chi connectivity index (χ3v) is 6.06. The maximum absolute atomic E-state index is 3.70. The predicted molar refractivity (Wildman–Crippen MR) is 98.5 cm³/mol. The quantitative estimate of drug-likeness (QED) is 0.681. The van der Waals surface area contributed by atoms with Crippen molar-refractivity contribution in [2.45, 2.75) is 51.3 Å². The molecular weight excluding hydrogens is 349 g/mol. The van der Waals surface area contributed by atoms with Crippen molar-refractivity contribution in [1.29, 1.82) is 0 Å². The van der Waals surface area contributed by atoms with E-state index in [0.29, 0.717) is 0 Å². The molecule has 0 heterocycles. The van der Waals surface area contributed by atoms with Crippen LogP contribution in [0.25, 0.3) is 5.57 Å². The summed E-state index contributed by atoms with van der Waals surface area (Å²) in [7, 11) is 0. The maximum atomic E-state index is 3.70. The monoisotopic (exact) mass is 375 g/mol. The Morgan fingerprint density at radius 3 is 2.27 bits per heavy atom. The average Bonchev–Trinajstić information content (AvgIpc) is 2.69. The fourth-order valence-corrected chi connectivity index (χ4v) is 4.23. The van der Waals surface area contributed by atoms with Crippen LogP contribution >= 0.6 is 24.8 Å². The summed E-state index contributed by atoms with van der Waals surface area (Å²) >= 11 is -0.130. The number of hydrogen-bond donors (Lipinski definition) is 1. The predicted octanol–water partition coefficient (Wildman–Crippen LogP) is 5.54. The molecule has 0 saturated heterocycles. The Bertz CT molecular complexity index is 556. The van der Waals surface area contributed by atoms with E-state index < -0.39 is 0 Å². The Morgan fingerprint density at radius 2 is 1.73 bits per heavy atom. The molecule has 0 spiro atoms. The number of halogens is 2. The van der Waals surface area contributed by atoms with Gasteiger partial charge < -0.3 is 0 Å². The van der Waals surface area contributed by atoms with Crippen molar-refractivity contribution in [2.24, 2.45) is 0 Å². The van der Waals surface area contributed by atoms with Crippen LogP contribution in [0.2, 0.25) is 0 Å². The molecule has 0 saturated carbocycles. The van der Waals surface area contributed by atoms with Crippen LogP contribution in [0, 0.1) is 0 Å². The van der Waals surface area contributed by atoms with Crippen LogP contribution in [0.3, 0.4) is 0 Å². The van der Waals surface area contributed by atoms with Gasteiger partial charge in [0.25, 0.3) is 0 Å². The molecule has 0 aromatic heterocycles. The minimum absolute atomic E-state index is 0. The Hall–Kier alpha value is -0.0457. The van der Waals surface area contributed by atoms with Gasteiger partial charge in [-0.25, -0.2) is 0 Å². The van der Waals surface area contributed by atoms with E-state index in [4.69, 9.17) is 0 Å². The molecule has 0 amide bonds. The Balaban J connectivity index is 0.00000220. The first kappa shape index (κ1) is 22.0. The summed E-state index contributed by atoms with van der Waals surface area (Å²) in [5, 5.41) is 0. The molecule has 1 N–H and O–H groups in total. The zero-order chi connectivity index (χ0) is 14.8. The van der Waals surface area contributed by atoms with E-state index in [9.17, 15) is 0 Å². The second-order valence-electron chi connectivity index (χ2n) is 6.58. The largest absolute Gasteiger partial charge is 0.147 e. The van der Waals surface area contributed by atoms with Crippen LogP contribution in [0.5, 0.6) is 0 Å². The zero-order valence-electron chi connectivity index (χ0n) is 14.1. The average molecular weight is 376 g/mol. The molecule has 0 unspecified atom stereocenters. The minimum atomic E-state index is -0.130. The maximum Gasteiger partial charge on any atom is -0.147 e. The molecule has 0 aliphatic heterocycles. The van der Waals surface area contributed by atoms with Crippen molar-refractivity contribution in [3.05, 3.63) is 52.6 Å². The first-order valence-electron chi connectivity index (χ1n) is 7.33. The van der Waals surface area contributed by atoms with Gasteiger partial charge in [0.1, 0.15) is 0 Å². The molecule has 0 bridgehead atoms. The van der Waals surface area contributed by atoms with E-state index in [0.717, 1.165) is 6.42 Å². The molecule has 0 atom stereocenters. The summed E-state index contributed by atoms with van der Waals surface area (Å²) in [6.07, 6.45) is 3.45. The molecule has 2 rings (SSSR count). The summed E-state index contributed by atoms with van der Waals surface area (Å²) in [5.41, 5.74) is 7.68. The van der Waals surface area contributed by atoms with Crippen LogP contribution in [0.15, 0.2) is 41.5 Å². The van der Waals surface area contributed by atoms with Gasteiger partial charge in [-0.2, -0.15) is 0 Å². The molecule has 1 aliphatic rings. The molecule has 1 aromatic carbocycles. The molecule has 0 radical (unpaired) electrons. The Kier molecular flexibility index (Phi) is 9.28. The smallest absolute Gasteiger partial charge is 0.147 e. The fourth-order valence-electron chi connectivity index (χ4n) is 2.48. The van der Waals surface area contributed by atoms with Crippen LogP contribution in [-0.2, 0) is 24.1 Å². The van der Waals surface area contributed by atoms with Crippen molar-refractivity contribution < 1.29 is 19.4 Å². The topological polar surface area (TPSA) is 12.0 Å². The van der Waals surface area contributed by atoms with Crippen LogP contribution in [0.1, 0.15) is 52.2 Å². The molecule has 122 valence electrons. The van der Waals surface area contributed by atoms with Crippen molar-refractivity contribution in [1.82, 2.24) is 3.80 Å². The van der Waals surface area contributed by atoms with Crippen LogP contribution < -0.4 is 3.80 Å². The number of benzene rings is 1. The summed E-state index contributed by atoms with van der Waals surface area (Å²) in [4.78, 5) is 0. The van der Waals surface area contributed by atoms with Crippen molar-refractivity contribution in [3.8, 4) is 0 Å². The van der Waals surface area contributed by atoms with Gasteiger partial charge in [-0.15, -0.1) is 24.8 Å². The van der Waals surface area contributed by atoms with Crippen molar-refractivity contribution in [3.63, 3.8) is 0 Å². The van der Waals surface area contributed by atoms with E-state index in [1.54, 1.807) is 0 Å². The van der Waals surface area contributed by atoms with E-state index in [1.807, 2.05) is 0 Å². The number of hydrogen-bond acceptors (Lipinski definition) is 1. The second kappa shape index (κ2) is 9.30. The van der Waals surface area contributed by atoms with E-state index in [1.165, 1.54) is 32.6 Å². The summed E-state index contributed by atoms with van der Waals surface area (Å²) in [6.45, 7) is 11.2. The molecule has 4 heteroatoms. The molecular formula is C18H27Cl2NTi. The molecule has 1 aliphatic carbocycles. The third kappa shape index (κ3) is 5.87. The van der Waals surface area contributed by atoms with E-state index in [-0.39, 0.29) is 49.8 Å². The van der Waals surface area contributed by atoms with Gasteiger partial charge in [0.15, 0.2) is 0 Å². The second-order valence-corrected chi connectivity index (χ2v) is 8.08. The first-order valence-corrected chi connectivity index (χ1v) is 9.22. The van der Waals surface area contributed by atoms with Crippen LogP contribution in [0.4, 0.5) is 0 Å². The zero-order valence-corrected chi connectivity index (χ0v) is 17.3. The van der Waals surface area contributed by atoms with Gasteiger partial charge in [-0.05, 0) is 0 Å². The molecule has 22 heavy (non-hydrogen) atoms. The summed E-state index contributed by atoms with van der Waals surface area (Å²) in [6, 6.07) is 8.94. The van der Waals surface area contributed by atoms with Crippen LogP contribution in [-0.4, -0.2) is 5.54 Å². The van der Waals surface area contributed by atoms with Gasteiger partial charge in [0.05, 0.1) is 0 Å². The Labute approximate surface area is 157 Å². The Morgan fingerprint density at radius 1 is 1.09 bits per heavy atom. The number of nitrogens with one attached hydrogen (secondary N) is 1. The number of rotatable bonds is 4. The van der Waals surface area contributed by atoms with E-state index >= 15 is 0 Å². The number of allylic oxidation sites excluding steroid dienone is 4. The minimum Gasteiger partial charge on any atom is -0.147 e. The third-order valence-electron chi connectivity index (χ3n) is 3.74. The van der Waals surface area contributed by atoms with Gasteiger partial charge in [-0.1, -0.05) is 0 Å². The van der Waals surface area contributed by atoms with E-state index in [2.05, 4.69) is 68.8 Å². The SMILES string of the molecule is CC1=CCC(c2ccccc2[CH2][Ti][NH]C(C)(C)C)=C1C.Cl.Cl. The molecule has 1 aromatic rings. The first-order chi connectivity index (χ1) is 9.38. The summed E-state index contributed by atoms with van der Waals surface area (Å²) in [5.74, 6) is 0. The van der Waals surface area contributed by atoms with Gasteiger partial charge in [0, 0.05) is 0 Å². The standard InChI is InChI=1S/C14H15.C4H10N.2ClH.Ti/c1-10-8-9-14(12(10)3)13-7-5-4-6-11(13)2;1-4(2,3)5;;;/h4-8H,2,9H2,1,3H3;5H,1-3H3;2*1H;/q;-1;;;+1. The summed E-state index contributed by atoms with van der Waals surface area (Å²) < 4.78 is 4.92. The van der Waals surface area contributed by atoms with Gasteiger partial charge in [-0.3, -0.25) is 0 Å². The molecule has 1 nitrogen and oxygen atoms in total.